The molecule has 0 bridgehead atoms. The highest BCUT2D eigenvalue weighted by Crippen LogP contribution is 2.27. The molecule has 0 saturated carbocycles. The molecule has 0 radical (unpaired) electrons. The molecule has 1 aromatic heterocycles. The number of rotatable bonds is 3. The molecule has 0 aliphatic heterocycles. The number of hydrogen-bond donors (Lipinski definition) is 1. The van der Waals surface area contributed by atoms with E-state index in [1.54, 1.807) is 0 Å². The van der Waals surface area contributed by atoms with E-state index < -0.39 is 9.85 Å². The lowest BCUT2D eigenvalue weighted by atomic mass is 10.1. The average molecular weight is 235 g/mol. The molecule has 0 fully saturated rings. The number of non-ortho nitro benzene ring substituents is 2. The Labute approximate surface area is 93.4 Å². The van der Waals surface area contributed by atoms with Crippen molar-refractivity contribution in [2.45, 2.75) is 0 Å². The Hall–Kier alpha value is -2.84. The molecule has 2 rings (SSSR count). The van der Waals surface area contributed by atoms with Crippen molar-refractivity contribution in [3.63, 3.8) is 0 Å². The highest BCUT2D eigenvalue weighted by molar-refractivity contribution is 5.63. The van der Waals surface area contributed by atoms with Crippen LogP contribution in [0.25, 0.3) is 11.4 Å². The van der Waals surface area contributed by atoms with Gasteiger partial charge in [-0.3, -0.25) is 25.3 Å². The van der Waals surface area contributed by atoms with Gasteiger partial charge in [-0.1, -0.05) is 0 Å². The summed E-state index contributed by atoms with van der Waals surface area (Å²) in [5.41, 5.74) is -0.500. The fraction of sp³-hybridized carbons (Fsp3) is 0. The summed E-state index contributed by atoms with van der Waals surface area (Å²) in [5, 5.41) is 27.3. The molecule has 2 aromatic rings. The smallest absolute Gasteiger partial charge is 0.259 e. The lowest BCUT2D eigenvalue weighted by Crippen LogP contribution is -1.94. The van der Waals surface area contributed by atoms with Crippen molar-refractivity contribution in [3.05, 3.63) is 44.8 Å². The van der Waals surface area contributed by atoms with Gasteiger partial charge in [-0.05, 0) is 0 Å². The van der Waals surface area contributed by atoms with Crippen LogP contribution < -0.4 is 0 Å². The van der Waals surface area contributed by atoms with Gasteiger partial charge in [0.05, 0.1) is 15.9 Å². The number of H-pyrrole nitrogens is 1. The Kier molecular flexibility index (Phi) is 2.49. The molecule has 1 N–H and O–H groups in total. The van der Waals surface area contributed by atoms with Gasteiger partial charge < -0.3 is 0 Å². The second-order valence-electron chi connectivity index (χ2n) is 3.09. The van der Waals surface area contributed by atoms with Crippen molar-refractivity contribution in [2.75, 3.05) is 0 Å². The second kappa shape index (κ2) is 3.96. The Balaban J connectivity index is 2.60. The van der Waals surface area contributed by atoms with E-state index in [4.69, 9.17) is 0 Å². The van der Waals surface area contributed by atoms with Crippen molar-refractivity contribution in [1.29, 1.82) is 0 Å². The maximum absolute atomic E-state index is 10.6. The van der Waals surface area contributed by atoms with Crippen LogP contribution in [0, 0.1) is 20.2 Å². The molecule has 0 unspecified atom stereocenters. The van der Waals surface area contributed by atoms with E-state index in [0.29, 0.717) is 0 Å². The first-order chi connectivity index (χ1) is 8.08. The van der Waals surface area contributed by atoms with Gasteiger partial charge in [0.1, 0.15) is 6.33 Å². The SMILES string of the molecule is O=[N+]([O-])c1cc(-c2ncn[nH]2)cc([N+](=O)[O-])c1. The zero-order valence-corrected chi connectivity index (χ0v) is 8.23. The number of hydrogen-bond acceptors (Lipinski definition) is 6. The van der Waals surface area contributed by atoms with Gasteiger partial charge in [0, 0.05) is 17.7 Å². The molecule has 1 aromatic carbocycles. The predicted molar refractivity (Wildman–Crippen MR) is 55.1 cm³/mol. The fourth-order valence-corrected chi connectivity index (χ4v) is 1.29. The summed E-state index contributed by atoms with van der Waals surface area (Å²) in [5.74, 6) is 0.233. The molecule has 0 spiro atoms. The van der Waals surface area contributed by atoms with Gasteiger partial charge in [0.25, 0.3) is 11.4 Å². The maximum Gasteiger partial charge on any atom is 0.277 e. The molecule has 86 valence electrons. The molecule has 0 saturated heterocycles. The van der Waals surface area contributed by atoms with Crippen LogP contribution in [0.15, 0.2) is 24.5 Å². The maximum atomic E-state index is 10.6. The summed E-state index contributed by atoms with van der Waals surface area (Å²) in [4.78, 5) is 23.6. The standard InChI is InChI=1S/C8H5N5O4/c14-12(15)6-1-5(8-9-4-10-11-8)2-7(3-6)13(16)17/h1-4H,(H,9,10,11). The topological polar surface area (TPSA) is 128 Å². The molecule has 0 atom stereocenters. The van der Waals surface area contributed by atoms with Crippen molar-refractivity contribution in [3.8, 4) is 11.4 Å². The fourth-order valence-electron chi connectivity index (χ4n) is 1.29. The highest BCUT2D eigenvalue weighted by atomic mass is 16.6. The van der Waals surface area contributed by atoms with Crippen molar-refractivity contribution in [2.24, 2.45) is 0 Å². The number of nitro groups is 2. The summed E-state index contributed by atoms with van der Waals surface area (Å²) in [6.45, 7) is 0. The van der Waals surface area contributed by atoms with Gasteiger partial charge in [0.2, 0.25) is 0 Å². The van der Waals surface area contributed by atoms with Crippen LogP contribution in [0.3, 0.4) is 0 Å². The molecule has 9 nitrogen and oxygen atoms in total. The summed E-state index contributed by atoms with van der Waals surface area (Å²) >= 11 is 0. The first kappa shape index (κ1) is 10.7. The van der Waals surface area contributed by atoms with Crippen LogP contribution in [-0.2, 0) is 0 Å². The lowest BCUT2D eigenvalue weighted by Gasteiger charge is -1.97. The van der Waals surface area contributed by atoms with E-state index in [0.717, 1.165) is 6.07 Å². The molecular weight excluding hydrogens is 230 g/mol. The van der Waals surface area contributed by atoms with E-state index in [1.165, 1.54) is 18.5 Å². The summed E-state index contributed by atoms with van der Waals surface area (Å²) in [7, 11) is 0. The molecule has 1 heterocycles. The summed E-state index contributed by atoms with van der Waals surface area (Å²) in [6, 6.07) is 3.26. The van der Waals surface area contributed by atoms with Crippen molar-refractivity contribution in [1.82, 2.24) is 15.2 Å². The molecule has 0 aliphatic carbocycles. The summed E-state index contributed by atoms with van der Waals surface area (Å²) < 4.78 is 0. The highest BCUT2D eigenvalue weighted by Gasteiger charge is 2.18. The molecule has 9 heteroatoms. The number of nitrogens with one attached hydrogen (secondary N) is 1. The van der Waals surface area contributed by atoms with Crippen LogP contribution in [-0.4, -0.2) is 25.0 Å². The van der Waals surface area contributed by atoms with E-state index in [1.807, 2.05) is 0 Å². The zero-order chi connectivity index (χ0) is 12.4. The quantitative estimate of drug-likeness (QED) is 0.630. The minimum Gasteiger partial charge on any atom is -0.259 e. The normalized spacial score (nSPS) is 10.1. The Morgan fingerprint density at radius 3 is 2.06 bits per heavy atom. The second-order valence-corrected chi connectivity index (χ2v) is 3.09. The zero-order valence-electron chi connectivity index (χ0n) is 8.23. The minimum atomic E-state index is -0.702. The lowest BCUT2D eigenvalue weighted by molar-refractivity contribution is -0.394. The largest absolute Gasteiger partial charge is 0.277 e. The van der Waals surface area contributed by atoms with Gasteiger partial charge in [-0.15, -0.1) is 0 Å². The van der Waals surface area contributed by atoms with E-state index in [-0.39, 0.29) is 22.8 Å². The van der Waals surface area contributed by atoms with Crippen LogP contribution >= 0.6 is 0 Å². The Bertz CT molecular complexity index is 547. The Morgan fingerprint density at radius 2 is 1.65 bits per heavy atom. The van der Waals surface area contributed by atoms with E-state index >= 15 is 0 Å². The first-order valence-corrected chi connectivity index (χ1v) is 4.37. The molecule has 0 aliphatic rings. The van der Waals surface area contributed by atoms with Gasteiger partial charge in [-0.25, -0.2) is 4.98 Å². The monoisotopic (exact) mass is 235 g/mol. The molecular formula is C8H5N5O4. The Morgan fingerprint density at radius 1 is 1.06 bits per heavy atom. The van der Waals surface area contributed by atoms with E-state index in [2.05, 4.69) is 15.2 Å². The van der Waals surface area contributed by atoms with Gasteiger partial charge in [-0.2, -0.15) is 5.10 Å². The number of nitrogens with zero attached hydrogens (tertiary/aromatic N) is 4. The average Bonchev–Trinajstić information content (AvgIpc) is 2.81. The van der Waals surface area contributed by atoms with Crippen LogP contribution in [0.1, 0.15) is 0 Å². The number of aromatic nitrogens is 3. The van der Waals surface area contributed by atoms with E-state index in [9.17, 15) is 20.2 Å². The third-order valence-corrected chi connectivity index (χ3v) is 2.01. The molecule has 17 heavy (non-hydrogen) atoms. The van der Waals surface area contributed by atoms with Crippen LogP contribution in [0.4, 0.5) is 11.4 Å². The van der Waals surface area contributed by atoms with Gasteiger partial charge >= 0.3 is 0 Å². The third kappa shape index (κ3) is 2.07. The van der Waals surface area contributed by atoms with Crippen LogP contribution in [0.5, 0.6) is 0 Å². The van der Waals surface area contributed by atoms with Gasteiger partial charge in [0.15, 0.2) is 5.82 Å². The third-order valence-electron chi connectivity index (χ3n) is 2.01. The van der Waals surface area contributed by atoms with Crippen LogP contribution in [0.2, 0.25) is 0 Å². The summed E-state index contributed by atoms with van der Waals surface area (Å²) in [6.07, 6.45) is 1.21. The number of nitro benzene ring substituents is 2. The minimum absolute atomic E-state index is 0.233. The number of aromatic amines is 1. The first-order valence-electron chi connectivity index (χ1n) is 4.37. The number of benzene rings is 1. The van der Waals surface area contributed by atoms with Crippen molar-refractivity contribution < 1.29 is 9.85 Å². The van der Waals surface area contributed by atoms with Crippen molar-refractivity contribution >= 4 is 11.4 Å². The molecule has 0 amide bonds. The predicted octanol–water partition coefficient (Wildman–Crippen LogP) is 1.29.